The third-order valence-electron chi connectivity index (χ3n) is 5.61. The quantitative estimate of drug-likeness (QED) is 0.779. The lowest BCUT2D eigenvalue weighted by Gasteiger charge is -2.37. The van der Waals surface area contributed by atoms with Gasteiger partial charge in [-0.1, -0.05) is 24.3 Å². The summed E-state index contributed by atoms with van der Waals surface area (Å²) in [5.74, 6) is -0.541. The third-order valence-corrected chi connectivity index (χ3v) is 5.61. The van der Waals surface area contributed by atoms with Crippen LogP contribution in [0.4, 0.5) is 10.1 Å². The van der Waals surface area contributed by atoms with E-state index in [1.165, 1.54) is 40.8 Å². The fraction of sp³-hybridized carbons (Fsp3) is 0.391. The van der Waals surface area contributed by atoms with Crippen LogP contribution >= 0.6 is 0 Å². The molecule has 1 fully saturated rings. The zero-order valence-electron chi connectivity index (χ0n) is 17.3. The monoisotopic (exact) mass is 397 g/mol. The Kier molecular flexibility index (Phi) is 6.52. The summed E-state index contributed by atoms with van der Waals surface area (Å²) in [6.45, 7) is 8.83. The number of piperazine rings is 1. The van der Waals surface area contributed by atoms with Gasteiger partial charge in [0.05, 0.1) is 0 Å². The minimum atomic E-state index is -0.319. The van der Waals surface area contributed by atoms with Crippen LogP contribution in [0.25, 0.3) is 0 Å². The Labute approximate surface area is 171 Å². The van der Waals surface area contributed by atoms with Crippen LogP contribution in [0.2, 0.25) is 0 Å². The highest BCUT2D eigenvalue weighted by Gasteiger charge is 2.24. The van der Waals surface area contributed by atoms with Crippen molar-refractivity contribution in [3.05, 3.63) is 65.0 Å². The van der Waals surface area contributed by atoms with Crippen LogP contribution in [0.5, 0.6) is 0 Å². The number of benzene rings is 2. The molecule has 0 saturated carbocycles. The molecule has 5 nitrogen and oxygen atoms in total. The molecule has 1 heterocycles. The molecule has 0 aromatic heterocycles. The fourth-order valence-corrected chi connectivity index (χ4v) is 3.63. The first kappa shape index (κ1) is 20.8. The van der Waals surface area contributed by atoms with Gasteiger partial charge < -0.3 is 14.7 Å². The van der Waals surface area contributed by atoms with E-state index < -0.39 is 0 Å². The Morgan fingerprint density at radius 2 is 1.66 bits per heavy atom. The van der Waals surface area contributed by atoms with Gasteiger partial charge in [0, 0.05) is 45.3 Å². The molecule has 0 aliphatic carbocycles. The predicted molar refractivity (Wildman–Crippen MR) is 112 cm³/mol. The average molecular weight is 397 g/mol. The van der Waals surface area contributed by atoms with Crippen molar-refractivity contribution < 1.29 is 14.0 Å². The van der Waals surface area contributed by atoms with Crippen molar-refractivity contribution in [2.24, 2.45) is 0 Å². The summed E-state index contributed by atoms with van der Waals surface area (Å²) in [5.41, 5.74) is 4.56. The van der Waals surface area contributed by atoms with Crippen molar-refractivity contribution in [3.8, 4) is 0 Å². The smallest absolute Gasteiger partial charge is 0.242 e. The Balaban J connectivity index is 1.58. The summed E-state index contributed by atoms with van der Waals surface area (Å²) >= 11 is 0. The summed E-state index contributed by atoms with van der Waals surface area (Å²) < 4.78 is 13.1. The number of aryl methyl sites for hydroxylation is 1. The van der Waals surface area contributed by atoms with Crippen molar-refractivity contribution in [2.75, 3.05) is 37.6 Å². The van der Waals surface area contributed by atoms with E-state index in [4.69, 9.17) is 0 Å². The van der Waals surface area contributed by atoms with Gasteiger partial charge in [-0.3, -0.25) is 9.59 Å². The van der Waals surface area contributed by atoms with E-state index in [1.54, 1.807) is 12.1 Å². The molecule has 3 rings (SSSR count). The van der Waals surface area contributed by atoms with Crippen LogP contribution in [0.15, 0.2) is 42.5 Å². The topological polar surface area (TPSA) is 43.9 Å². The first-order valence-electron chi connectivity index (χ1n) is 9.94. The Hall–Kier alpha value is -2.89. The van der Waals surface area contributed by atoms with Crippen molar-refractivity contribution in [1.82, 2.24) is 9.80 Å². The van der Waals surface area contributed by atoms with Crippen molar-refractivity contribution in [2.45, 2.75) is 27.3 Å². The summed E-state index contributed by atoms with van der Waals surface area (Å²) in [6, 6.07) is 12.3. The summed E-state index contributed by atoms with van der Waals surface area (Å²) in [4.78, 5) is 30.4. The van der Waals surface area contributed by atoms with Crippen LogP contribution in [-0.2, 0) is 16.1 Å². The Morgan fingerprint density at radius 1 is 1.00 bits per heavy atom. The van der Waals surface area contributed by atoms with E-state index in [2.05, 4.69) is 36.9 Å². The second-order valence-electron chi connectivity index (χ2n) is 7.59. The van der Waals surface area contributed by atoms with Crippen LogP contribution in [-0.4, -0.2) is 54.3 Å². The van der Waals surface area contributed by atoms with E-state index in [-0.39, 0.29) is 24.2 Å². The van der Waals surface area contributed by atoms with E-state index in [9.17, 15) is 14.0 Å². The van der Waals surface area contributed by atoms with Crippen LogP contribution in [0.3, 0.4) is 0 Å². The minimum absolute atomic E-state index is 0.0379. The predicted octanol–water partition coefficient (Wildman–Crippen LogP) is 3.14. The largest absolute Gasteiger partial charge is 0.368 e. The molecule has 2 amide bonds. The molecule has 0 unspecified atom stereocenters. The highest BCUT2D eigenvalue weighted by molar-refractivity contribution is 5.84. The van der Waals surface area contributed by atoms with Gasteiger partial charge in [0.2, 0.25) is 11.8 Å². The van der Waals surface area contributed by atoms with Gasteiger partial charge in [-0.05, 0) is 48.7 Å². The second kappa shape index (κ2) is 9.07. The van der Waals surface area contributed by atoms with Gasteiger partial charge in [-0.2, -0.15) is 0 Å². The number of rotatable bonds is 5. The maximum atomic E-state index is 13.1. The maximum absolute atomic E-state index is 13.1. The highest BCUT2D eigenvalue weighted by Crippen LogP contribution is 2.24. The molecule has 0 atom stereocenters. The number of hydrogen-bond acceptors (Lipinski definition) is 3. The van der Waals surface area contributed by atoms with E-state index in [1.807, 2.05) is 4.90 Å². The van der Waals surface area contributed by atoms with Gasteiger partial charge in [0.1, 0.15) is 12.4 Å². The minimum Gasteiger partial charge on any atom is -0.368 e. The summed E-state index contributed by atoms with van der Waals surface area (Å²) in [5, 5.41) is 0. The highest BCUT2D eigenvalue weighted by atomic mass is 19.1. The molecule has 0 bridgehead atoms. The van der Waals surface area contributed by atoms with Crippen LogP contribution in [0, 0.1) is 19.7 Å². The number of nitrogens with zero attached hydrogens (tertiary/aromatic N) is 3. The molecule has 6 heteroatoms. The Morgan fingerprint density at radius 3 is 2.28 bits per heavy atom. The molecule has 0 spiro atoms. The lowest BCUT2D eigenvalue weighted by atomic mass is 10.1. The molecular weight excluding hydrogens is 369 g/mol. The first-order chi connectivity index (χ1) is 13.8. The fourth-order valence-electron chi connectivity index (χ4n) is 3.63. The standard InChI is InChI=1S/C23H28FN3O2/c1-17-5-4-6-22(18(17)2)25-11-13-26(14-12-25)23(29)16-27(19(3)28)15-20-7-9-21(24)10-8-20/h4-10H,11-16H2,1-3H3. The number of halogens is 1. The average Bonchev–Trinajstić information content (AvgIpc) is 2.71. The van der Waals surface area contributed by atoms with Gasteiger partial charge in [0.15, 0.2) is 0 Å². The lowest BCUT2D eigenvalue weighted by molar-refractivity contribution is -0.140. The summed E-state index contributed by atoms with van der Waals surface area (Å²) in [7, 11) is 0. The number of anilines is 1. The summed E-state index contributed by atoms with van der Waals surface area (Å²) in [6.07, 6.45) is 0. The molecule has 0 radical (unpaired) electrons. The van der Waals surface area contributed by atoms with Gasteiger partial charge in [-0.25, -0.2) is 4.39 Å². The van der Waals surface area contributed by atoms with Gasteiger partial charge >= 0.3 is 0 Å². The molecule has 2 aromatic carbocycles. The van der Waals surface area contributed by atoms with Crippen molar-refractivity contribution >= 4 is 17.5 Å². The van der Waals surface area contributed by atoms with Crippen LogP contribution in [0.1, 0.15) is 23.6 Å². The molecule has 1 aliphatic heterocycles. The van der Waals surface area contributed by atoms with Gasteiger partial charge in [0.25, 0.3) is 0 Å². The lowest BCUT2D eigenvalue weighted by Crippen LogP contribution is -2.51. The number of amides is 2. The molecule has 29 heavy (non-hydrogen) atoms. The zero-order chi connectivity index (χ0) is 21.0. The molecular formula is C23H28FN3O2. The van der Waals surface area contributed by atoms with E-state index >= 15 is 0 Å². The van der Waals surface area contributed by atoms with Gasteiger partial charge in [-0.15, -0.1) is 0 Å². The SMILES string of the molecule is CC(=O)N(CC(=O)N1CCN(c2cccc(C)c2C)CC1)Cc1ccc(F)cc1. The first-order valence-corrected chi connectivity index (χ1v) is 9.94. The number of carbonyl (C=O) groups excluding carboxylic acids is 2. The molecule has 1 aliphatic rings. The van der Waals surface area contributed by atoms with E-state index in [0.29, 0.717) is 19.6 Å². The van der Waals surface area contributed by atoms with Crippen molar-refractivity contribution in [3.63, 3.8) is 0 Å². The second-order valence-corrected chi connectivity index (χ2v) is 7.59. The molecule has 154 valence electrons. The van der Waals surface area contributed by atoms with Crippen LogP contribution < -0.4 is 4.90 Å². The zero-order valence-corrected chi connectivity index (χ0v) is 17.3. The molecule has 1 saturated heterocycles. The molecule has 2 aromatic rings. The van der Waals surface area contributed by atoms with Crippen molar-refractivity contribution in [1.29, 1.82) is 0 Å². The van der Waals surface area contributed by atoms with E-state index in [0.717, 1.165) is 18.7 Å². The molecule has 0 N–H and O–H groups in total. The number of hydrogen-bond donors (Lipinski definition) is 0. The number of carbonyl (C=O) groups is 2. The third kappa shape index (κ3) is 5.13. The normalized spacial score (nSPS) is 14.1. The maximum Gasteiger partial charge on any atom is 0.242 e. The Bertz CT molecular complexity index is 874.